The average Bonchev–Trinajstić information content (AvgIpc) is 2.40. The lowest BCUT2D eigenvalue weighted by Gasteiger charge is -2.26. The van der Waals surface area contributed by atoms with Crippen molar-refractivity contribution in [3.63, 3.8) is 0 Å². The van der Waals surface area contributed by atoms with E-state index in [0.29, 0.717) is 12.5 Å². The first kappa shape index (κ1) is 16.2. The lowest BCUT2D eigenvalue weighted by Crippen LogP contribution is -2.28. The smallest absolute Gasteiger partial charge is 0.245 e. The van der Waals surface area contributed by atoms with Gasteiger partial charge < -0.3 is 5.73 Å². The van der Waals surface area contributed by atoms with E-state index in [1.165, 1.54) is 25.0 Å². The van der Waals surface area contributed by atoms with Gasteiger partial charge >= 0.3 is 0 Å². The molecule has 21 heavy (non-hydrogen) atoms. The summed E-state index contributed by atoms with van der Waals surface area (Å²) in [6, 6.07) is 3.89. The van der Waals surface area contributed by atoms with Crippen molar-refractivity contribution >= 4 is 15.7 Å². The monoisotopic (exact) mass is 314 g/mol. The maximum Gasteiger partial charge on any atom is 0.245 e. The maximum atomic E-state index is 13.7. The highest BCUT2D eigenvalue weighted by Crippen LogP contribution is 2.30. The zero-order chi connectivity index (χ0) is 15.5. The first-order chi connectivity index (χ1) is 9.90. The third-order valence-electron chi connectivity index (χ3n) is 4.25. The van der Waals surface area contributed by atoms with E-state index >= 15 is 0 Å². The van der Waals surface area contributed by atoms with Gasteiger partial charge in [0.1, 0.15) is 10.7 Å². The van der Waals surface area contributed by atoms with Gasteiger partial charge in [0.2, 0.25) is 10.0 Å². The van der Waals surface area contributed by atoms with Crippen LogP contribution in [0.4, 0.5) is 10.1 Å². The number of hydrogen-bond donors (Lipinski definition) is 2. The van der Waals surface area contributed by atoms with Crippen LogP contribution >= 0.6 is 0 Å². The molecular formula is C15H23FN2O2S. The average molecular weight is 314 g/mol. The molecule has 1 saturated carbocycles. The number of rotatable bonds is 5. The van der Waals surface area contributed by atoms with E-state index in [4.69, 9.17) is 5.73 Å². The van der Waals surface area contributed by atoms with Crippen LogP contribution in [0, 0.1) is 17.7 Å². The van der Waals surface area contributed by atoms with Crippen molar-refractivity contribution in [2.45, 2.75) is 43.9 Å². The molecule has 0 heterocycles. The molecule has 0 aliphatic heterocycles. The summed E-state index contributed by atoms with van der Waals surface area (Å²) >= 11 is 0. The van der Waals surface area contributed by atoms with Crippen molar-refractivity contribution in [1.82, 2.24) is 4.72 Å². The molecule has 0 bridgehead atoms. The van der Waals surface area contributed by atoms with Crippen molar-refractivity contribution in [2.24, 2.45) is 11.8 Å². The molecule has 0 unspecified atom stereocenters. The molecule has 1 aliphatic carbocycles. The molecule has 0 atom stereocenters. The van der Waals surface area contributed by atoms with Gasteiger partial charge in [-0.25, -0.2) is 17.5 Å². The van der Waals surface area contributed by atoms with Crippen molar-refractivity contribution in [2.75, 3.05) is 12.3 Å². The quantitative estimate of drug-likeness (QED) is 0.821. The second kappa shape index (κ2) is 6.75. The Hall–Kier alpha value is -1.14. The van der Waals surface area contributed by atoms with Crippen molar-refractivity contribution in [3.05, 3.63) is 24.0 Å². The highest BCUT2D eigenvalue weighted by Gasteiger charge is 2.23. The molecule has 0 aromatic heterocycles. The van der Waals surface area contributed by atoms with E-state index in [1.807, 2.05) is 0 Å². The van der Waals surface area contributed by atoms with Crippen LogP contribution < -0.4 is 10.5 Å². The fourth-order valence-corrected chi connectivity index (χ4v) is 4.13. The first-order valence-corrected chi connectivity index (χ1v) is 8.92. The zero-order valence-electron chi connectivity index (χ0n) is 12.3. The minimum atomic E-state index is -3.88. The summed E-state index contributed by atoms with van der Waals surface area (Å²) in [5.41, 5.74) is 5.52. The van der Waals surface area contributed by atoms with E-state index in [9.17, 15) is 12.8 Å². The highest BCUT2D eigenvalue weighted by atomic mass is 32.2. The van der Waals surface area contributed by atoms with Gasteiger partial charge in [0.05, 0.1) is 5.69 Å². The Balaban J connectivity index is 1.93. The van der Waals surface area contributed by atoms with Crippen LogP contribution in [0.5, 0.6) is 0 Å². The molecule has 3 N–H and O–H groups in total. The molecule has 0 radical (unpaired) electrons. The predicted molar refractivity (Wildman–Crippen MR) is 81.7 cm³/mol. The van der Waals surface area contributed by atoms with E-state index in [1.54, 1.807) is 0 Å². The number of nitrogens with one attached hydrogen (secondary N) is 1. The largest absolute Gasteiger partial charge is 0.398 e. The predicted octanol–water partition coefficient (Wildman–Crippen LogP) is 2.90. The number of nitrogen functional groups attached to an aromatic ring is 1. The van der Waals surface area contributed by atoms with Gasteiger partial charge in [0, 0.05) is 6.54 Å². The van der Waals surface area contributed by atoms with E-state index in [0.717, 1.165) is 31.2 Å². The van der Waals surface area contributed by atoms with Gasteiger partial charge in [-0.05, 0) is 30.4 Å². The normalized spacial score (nSPS) is 23.1. The first-order valence-electron chi connectivity index (χ1n) is 7.44. The number of nitrogens with two attached hydrogens (primary N) is 1. The molecule has 0 spiro atoms. The molecule has 0 amide bonds. The van der Waals surface area contributed by atoms with E-state index in [2.05, 4.69) is 11.6 Å². The fraction of sp³-hybridized carbons (Fsp3) is 0.600. The summed E-state index contributed by atoms with van der Waals surface area (Å²) in [6.07, 6.45) is 5.49. The Morgan fingerprint density at radius 2 is 1.95 bits per heavy atom. The molecule has 1 fully saturated rings. The molecule has 118 valence electrons. The molecule has 1 aromatic rings. The van der Waals surface area contributed by atoms with Gasteiger partial charge in [-0.2, -0.15) is 0 Å². The van der Waals surface area contributed by atoms with Gasteiger partial charge in [-0.15, -0.1) is 0 Å². The third-order valence-corrected chi connectivity index (χ3v) is 5.80. The molecule has 1 aliphatic rings. The second-order valence-corrected chi connectivity index (χ2v) is 7.67. The van der Waals surface area contributed by atoms with Crippen molar-refractivity contribution in [1.29, 1.82) is 0 Å². The standard InChI is InChI=1S/C15H23FN2O2S/c1-11-5-7-12(8-6-11)9-10-18-21(19,20)15-13(16)3-2-4-14(15)17/h2-4,11-12,18H,5-10,17H2,1H3. The Bertz CT molecular complexity index is 561. The van der Waals surface area contributed by atoms with E-state index in [-0.39, 0.29) is 5.69 Å². The molecular weight excluding hydrogens is 291 g/mol. The van der Waals surface area contributed by atoms with Crippen LogP contribution in [-0.2, 0) is 10.0 Å². The number of sulfonamides is 1. The SMILES string of the molecule is CC1CCC(CCNS(=O)(=O)c2c(N)cccc2F)CC1. The maximum absolute atomic E-state index is 13.7. The molecule has 2 rings (SSSR count). The van der Waals surface area contributed by atoms with Gasteiger partial charge in [0.15, 0.2) is 0 Å². The minimum Gasteiger partial charge on any atom is -0.398 e. The molecule has 0 saturated heterocycles. The van der Waals surface area contributed by atoms with E-state index < -0.39 is 20.7 Å². The molecule has 4 nitrogen and oxygen atoms in total. The highest BCUT2D eigenvalue weighted by molar-refractivity contribution is 7.89. The van der Waals surface area contributed by atoms with Crippen LogP contribution in [0.2, 0.25) is 0 Å². The number of benzene rings is 1. The van der Waals surface area contributed by atoms with Crippen LogP contribution in [0.3, 0.4) is 0 Å². The number of anilines is 1. The summed E-state index contributed by atoms with van der Waals surface area (Å²) in [6.45, 7) is 2.58. The summed E-state index contributed by atoms with van der Waals surface area (Å²) in [7, 11) is -3.88. The lowest BCUT2D eigenvalue weighted by molar-refractivity contribution is 0.278. The number of hydrogen-bond acceptors (Lipinski definition) is 3. The van der Waals surface area contributed by atoms with Gasteiger partial charge in [0.25, 0.3) is 0 Å². The Kier molecular flexibility index (Phi) is 5.22. The summed E-state index contributed by atoms with van der Waals surface area (Å²) in [4.78, 5) is -0.442. The molecule has 1 aromatic carbocycles. The molecule has 6 heteroatoms. The van der Waals surface area contributed by atoms with Crippen molar-refractivity contribution in [3.8, 4) is 0 Å². The topological polar surface area (TPSA) is 72.2 Å². The zero-order valence-corrected chi connectivity index (χ0v) is 13.1. The lowest BCUT2D eigenvalue weighted by atomic mass is 9.81. The van der Waals surface area contributed by atoms with Crippen LogP contribution in [-0.4, -0.2) is 15.0 Å². The van der Waals surface area contributed by atoms with Gasteiger partial charge in [-0.3, -0.25) is 0 Å². The van der Waals surface area contributed by atoms with Crippen molar-refractivity contribution < 1.29 is 12.8 Å². The Morgan fingerprint density at radius 3 is 2.57 bits per heavy atom. The summed E-state index contributed by atoms with van der Waals surface area (Å²) in [5.74, 6) is 0.520. The van der Waals surface area contributed by atoms with Crippen LogP contribution in [0.25, 0.3) is 0 Å². The summed E-state index contributed by atoms with van der Waals surface area (Å²) in [5, 5.41) is 0. The number of halogens is 1. The summed E-state index contributed by atoms with van der Waals surface area (Å²) < 4.78 is 40.4. The Morgan fingerprint density at radius 1 is 1.29 bits per heavy atom. The Labute approximate surface area is 126 Å². The van der Waals surface area contributed by atoms with Crippen LogP contribution in [0.1, 0.15) is 39.0 Å². The van der Waals surface area contributed by atoms with Crippen LogP contribution in [0.15, 0.2) is 23.1 Å². The third kappa shape index (κ3) is 4.17. The van der Waals surface area contributed by atoms with Gasteiger partial charge in [-0.1, -0.05) is 38.7 Å². The second-order valence-electron chi connectivity index (χ2n) is 5.97. The minimum absolute atomic E-state index is 0.0611. The fourth-order valence-electron chi connectivity index (χ4n) is 2.90.